The Morgan fingerprint density at radius 1 is 1.14 bits per heavy atom. The average molecular weight is 403 g/mol. The van der Waals surface area contributed by atoms with Gasteiger partial charge in [-0.2, -0.15) is 0 Å². The number of nitrogens with zero attached hydrogens (tertiary/aromatic N) is 1. The van der Waals surface area contributed by atoms with Crippen LogP contribution in [0.15, 0.2) is 61.2 Å². The molecule has 1 amide bonds. The van der Waals surface area contributed by atoms with Crippen molar-refractivity contribution in [1.82, 2.24) is 5.32 Å². The fourth-order valence-corrected chi connectivity index (χ4v) is 3.60. The summed E-state index contributed by atoms with van der Waals surface area (Å²) >= 11 is 0. The topological polar surface area (TPSA) is 75.7 Å². The SMILES string of the molecule is C=CCN(c1ccc(C(=O)NCCCc2ccc(OC)cc2)cc1)S(C)(=O)=O. The summed E-state index contributed by atoms with van der Waals surface area (Å²) in [6.45, 7) is 4.31. The molecule has 1 N–H and O–H groups in total. The van der Waals surface area contributed by atoms with Crippen molar-refractivity contribution in [2.45, 2.75) is 12.8 Å². The van der Waals surface area contributed by atoms with E-state index in [-0.39, 0.29) is 12.5 Å². The number of methoxy groups -OCH3 is 1. The fraction of sp³-hybridized carbons (Fsp3) is 0.286. The highest BCUT2D eigenvalue weighted by Crippen LogP contribution is 2.18. The number of carbonyl (C=O) groups is 1. The molecule has 6 nitrogen and oxygen atoms in total. The summed E-state index contributed by atoms with van der Waals surface area (Å²) in [5.41, 5.74) is 2.17. The van der Waals surface area contributed by atoms with Crippen LogP contribution in [0.4, 0.5) is 5.69 Å². The van der Waals surface area contributed by atoms with Gasteiger partial charge in [0.1, 0.15) is 5.75 Å². The van der Waals surface area contributed by atoms with Crippen molar-refractivity contribution in [2.24, 2.45) is 0 Å². The minimum atomic E-state index is -3.41. The summed E-state index contributed by atoms with van der Waals surface area (Å²) in [7, 11) is -1.77. The molecular weight excluding hydrogens is 376 g/mol. The maximum absolute atomic E-state index is 12.3. The maximum Gasteiger partial charge on any atom is 0.251 e. The van der Waals surface area contributed by atoms with Gasteiger partial charge in [0.05, 0.1) is 25.6 Å². The number of amides is 1. The van der Waals surface area contributed by atoms with Gasteiger partial charge in [0.2, 0.25) is 10.0 Å². The van der Waals surface area contributed by atoms with Crippen molar-refractivity contribution in [3.05, 3.63) is 72.3 Å². The van der Waals surface area contributed by atoms with Crippen molar-refractivity contribution in [3.8, 4) is 5.75 Å². The maximum atomic E-state index is 12.3. The molecule has 28 heavy (non-hydrogen) atoms. The van der Waals surface area contributed by atoms with Gasteiger partial charge >= 0.3 is 0 Å². The summed E-state index contributed by atoms with van der Waals surface area (Å²) < 4.78 is 30.1. The van der Waals surface area contributed by atoms with E-state index in [1.165, 1.54) is 15.9 Å². The second-order valence-corrected chi connectivity index (χ2v) is 8.24. The van der Waals surface area contributed by atoms with E-state index < -0.39 is 10.0 Å². The zero-order valence-corrected chi connectivity index (χ0v) is 17.0. The molecule has 0 spiro atoms. The van der Waals surface area contributed by atoms with Crippen LogP contribution < -0.4 is 14.4 Å². The monoisotopic (exact) mass is 402 g/mol. The van der Waals surface area contributed by atoms with E-state index in [0.717, 1.165) is 24.8 Å². The van der Waals surface area contributed by atoms with Crippen LogP contribution in [0.1, 0.15) is 22.3 Å². The van der Waals surface area contributed by atoms with E-state index in [2.05, 4.69) is 11.9 Å². The largest absolute Gasteiger partial charge is 0.497 e. The number of nitrogens with one attached hydrogen (secondary N) is 1. The smallest absolute Gasteiger partial charge is 0.251 e. The lowest BCUT2D eigenvalue weighted by Gasteiger charge is -2.20. The van der Waals surface area contributed by atoms with Gasteiger partial charge in [0.15, 0.2) is 0 Å². The lowest BCUT2D eigenvalue weighted by atomic mass is 10.1. The number of aryl methyl sites for hydroxylation is 1. The van der Waals surface area contributed by atoms with Gasteiger partial charge in [0, 0.05) is 12.1 Å². The minimum Gasteiger partial charge on any atom is -0.497 e. The van der Waals surface area contributed by atoms with E-state index in [9.17, 15) is 13.2 Å². The Bertz CT molecular complexity index is 891. The van der Waals surface area contributed by atoms with E-state index in [1.807, 2.05) is 24.3 Å². The average Bonchev–Trinajstić information content (AvgIpc) is 2.69. The minimum absolute atomic E-state index is 0.176. The van der Waals surface area contributed by atoms with Crippen molar-refractivity contribution < 1.29 is 17.9 Å². The van der Waals surface area contributed by atoms with Gasteiger partial charge in [-0.3, -0.25) is 9.10 Å². The number of hydrogen-bond acceptors (Lipinski definition) is 4. The molecule has 0 unspecified atom stereocenters. The Hall–Kier alpha value is -2.80. The molecule has 0 heterocycles. The first-order valence-electron chi connectivity index (χ1n) is 8.95. The fourth-order valence-electron chi connectivity index (χ4n) is 2.72. The van der Waals surface area contributed by atoms with Crippen LogP contribution in [0.25, 0.3) is 0 Å². The van der Waals surface area contributed by atoms with Gasteiger partial charge in [-0.1, -0.05) is 18.2 Å². The van der Waals surface area contributed by atoms with Crippen LogP contribution in [-0.2, 0) is 16.4 Å². The van der Waals surface area contributed by atoms with Gasteiger partial charge in [-0.25, -0.2) is 8.42 Å². The van der Waals surface area contributed by atoms with Crippen molar-refractivity contribution in [1.29, 1.82) is 0 Å². The quantitative estimate of drug-likeness (QED) is 0.490. The third-order valence-electron chi connectivity index (χ3n) is 4.20. The number of benzene rings is 2. The second-order valence-electron chi connectivity index (χ2n) is 6.34. The van der Waals surface area contributed by atoms with Gasteiger partial charge in [-0.15, -0.1) is 6.58 Å². The third-order valence-corrected chi connectivity index (χ3v) is 5.36. The second kappa shape index (κ2) is 9.94. The zero-order valence-electron chi connectivity index (χ0n) is 16.2. The summed E-state index contributed by atoms with van der Waals surface area (Å²) in [4.78, 5) is 12.3. The molecule has 2 aromatic rings. The van der Waals surface area contributed by atoms with Crippen LogP contribution in [0.2, 0.25) is 0 Å². The number of anilines is 1. The lowest BCUT2D eigenvalue weighted by molar-refractivity contribution is 0.0953. The van der Waals surface area contributed by atoms with Gasteiger partial charge in [0.25, 0.3) is 5.91 Å². The van der Waals surface area contributed by atoms with Gasteiger partial charge < -0.3 is 10.1 Å². The standard InChI is InChI=1S/C21H26N2O4S/c1-4-16-23(28(3,25)26)19-11-9-18(10-12-19)21(24)22-15-5-6-17-7-13-20(27-2)14-8-17/h4,7-14H,1,5-6,15-16H2,2-3H3,(H,22,24). The van der Waals surface area contributed by atoms with Crippen LogP contribution >= 0.6 is 0 Å². The number of rotatable bonds is 10. The van der Waals surface area contributed by atoms with Crippen LogP contribution in [0.3, 0.4) is 0 Å². The van der Waals surface area contributed by atoms with Crippen molar-refractivity contribution in [3.63, 3.8) is 0 Å². The number of hydrogen-bond donors (Lipinski definition) is 1. The molecule has 0 atom stereocenters. The highest BCUT2D eigenvalue weighted by molar-refractivity contribution is 7.92. The normalized spacial score (nSPS) is 10.9. The molecule has 0 saturated carbocycles. The Morgan fingerprint density at radius 3 is 2.32 bits per heavy atom. The molecule has 0 aromatic heterocycles. The van der Waals surface area contributed by atoms with Crippen LogP contribution in [-0.4, -0.2) is 40.8 Å². The molecule has 0 saturated heterocycles. The number of ether oxygens (including phenoxy) is 1. The number of carbonyl (C=O) groups excluding carboxylic acids is 1. The molecule has 2 aromatic carbocycles. The first-order chi connectivity index (χ1) is 13.3. The Labute approximate surface area is 166 Å². The molecule has 0 radical (unpaired) electrons. The first kappa shape index (κ1) is 21.5. The molecule has 0 aliphatic carbocycles. The molecule has 7 heteroatoms. The summed E-state index contributed by atoms with van der Waals surface area (Å²) in [6.07, 6.45) is 4.33. The van der Waals surface area contributed by atoms with Crippen molar-refractivity contribution in [2.75, 3.05) is 30.8 Å². The van der Waals surface area contributed by atoms with Crippen molar-refractivity contribution >= 4 is 21.6 Å². The summed E-state index contributed by atoms with van der Waals surface area (Å²) in [6, 6.07) is 14.3. The van der Waals surface area contributed by atoms with E-state index in [1.54, 1.807) is 31.4 Å². The van der Waals surface area contributed by atoms with Gasteiger partial charge in [-0.05, 0) is 54.8 Å². The zero-order chi connectivity index (χ0) is 20.6. The summed E-state index contributed by atoms with van der Waals surface area (Å²) in [5.74, 6) is 0.638. The predicted molar refractivity (Wildman–Crippen MR) is 112 cm³/mol. The summed E-state index contributed by atoms with van der Waals surface area (Å²) in [5, 5.41) is 2.88. The molecule has 2 rings (SSSR count). The molecule has 0 bridgehead atoms. The predicted octanol–water partition coefficient (Wildman–Crippen LogP) is 3.01. The first-order valence-corrected chi connectivity index (χ1v) is 10.8. The highest BCUT2D eigenvalue weighted by Gasteiger charge is 2.16. The Kier molecular flexibility index (Phi) is 7.63. The highest BCUT2D eigenvalue weighted by atomic mass is 32.2. The van der Waals surface area contributed by atoms with E-state index in [0.29, 0.717) is 17.8 Å². The lowest BCUT2D eigenvalue weighted by Crippen LogP contribution is -2.30. The molecule has 0 aliphatic rings. The van der Waals surface area contributed by atoms with E-state index in [4.69, 9.17) is 4.74 Å². The molecule has 0 aliphatic heterocycles. The number of sulfonamides is 1. The molecular formula is C21H26N2O4S. The molecule has 0 fully saturated rings. The molecule has 150 valence electrons. The van der Waals surface area contributed by atoms with Crippen LogP contribution in [0, 0.1) is 0 Å². The third kappa shape index (κ3) is 6.13. The van der Waals surface area contributed by atoms with Crippen LogP contribution in [0.5, 0.6) is 5.75 Å². The Balaban J connectivity index is 1.87. The Morgan fingerprint density at radius 2 is 1.79 bits per heavy atom. The van der Waals surface area contributed by atoms with E-state index >= 15 is 0 Å².